The minimum absolute atomic E-state index is 0.000557. The number of thioether (sulfide) groups is 1. The number of carbonyl (C=O) groups is 7. The fourth-order valence-electron chi connectivity index (χ4n) is 15.3. The Balaban J connectivity index is 0.843. The molecule has 6 saturated heterocycles. The molecule has 30 N–H and O–H groups in total. The molecule has 0 saturated carbocycles. The third kappa shape index (κ3) is 37.9. The smallest absolute Gasteiger partial charge is 0.397 e. The molecule has 0 bridgehead atoms. The molecule has 71 heteroatoms. The summed E-state index contributed by atoms with van der Waals surface area (Å²) < 4.78 is 272. The number of aliphatic hydroxyl groups excluding tert-OH is 12. The van der Waals surface area contributed by atoms with Gasteiger partial charge in [-0.1, -0.05) is 18.6 Å². The number of benzene rings is 2. The first kappa shape index (κ1) is 120. The number of aliphatic hydroxyl groups is 12. The SMILES string of the molecule is CO[C@H]1C(COS(=O)(=O)O)O[C@@H](O[C@@H]2C(C(=O)O)O[C@@H](OCC(O)[C@@H](O)[C@@H](O)C(O)CNc3cccc(NC(=O)CCN(CCNC(=O)CCNC(=O)CCCCC4SC[C@H]5NC(=O)N[C@@H]45)CCC(=O)Nc4cccc(NCC(O)[C@H](O)[C@H](O)C(O)CO[C@@H]5OC(C(=O)O)[C@@H](O[C@@H]6OC(COS(=O)(=O)O)[C@H](OC)[C@@H](O)C6NS(=O)(=O)O)[C@@H](O)C5OS(=O)(=O)O)c4)c3)C(OS(=O)(=O)O)[C@@H]2O)C(NS(=O)(=O)O)[C@@H]1O. The lowest BCUT2D eigenvalue weighted by atomic mass is 9.95. The lowest BCUT2D eigenvalue weighted by Crippen LogP contribution is -2.68. The van der Waals surface area contributed by atoms with Crippen LogP contribution in [0.3, 0.4) is 0 Å². The van der Waals surface area contributed by atoms with Crippen molar-refractivity contribution in [2.45, 2.75) is 234 Å². The summed E-state index contributed by atoms with van der Waals surface area (Å²) in [5.74, 6) is -5.53. The molecular weight excluding hydrogens is 2080 g/mol. The van der Waals surface area contributed by atoms with Crippen LogP contribution in [0.15, 0.2) is 48.5 Å². The zero-order valence-electron chi connectivity index (χ0n) is 74.2. The van der Waals surface area contributed by atoms with Crippen molar-refractivity contribution >= 4 is 138 Å². The Kier molecular flexibility index (Phi) is 45.3. The van der Waals surface area contributed by atoms with Gasteiger partial charge >= 0.3 is 80.2 Å². The molecule has 13 unspecified atom stereocenters. The number of nitrogens with zero attached hydrogens (tertiary/aromatic N) is 1. The number of aliphatic carboxylic acids is 2. The van der Waals surface area contributed by atoms with Crippen molar-refractivity contribution in [1.29, 1.82) is 0 Å². The van der Waals surface area contributed by atoms with Crippen LogP contribution in [0.1, 0.15) is 44.9 Å². The topological polar surface area (TPSA) is 982 Å². The number of amides is 6. The average Bonchev–Trinajstić information content (AvgIpc) is 1.10. The van der Waals surface area contributed by atoms with Crippen molar-refractivity contribution in [2.24, 2.45) is 0 Å². The predicted molar refractivity (Wildman–Crippen MR) is 467 cm³/mol. The molecule has 6 heterocycles. The maximum atomic E-state index is 13.7. The second kappa shape index (κ2) is 53.6. The molecule has 2 aromatic rings. The predicted octanol–water partition coefficient (Wildman–Crippen LogP) is -12.7. The molecule has 6 aliphatic rings. The largest absolute Gasteiger partial charge is 0.479 e. The molecule has 0 aromatic heterocycles. The number of anilines is 4. The minimum atomic E-state index is -5.78. The Bertz CT molecular complexity index is 4960. The normalized spacial score (nSPS) is 29.6. The molecule has 6 aliphatic heterocycles. The number of urea groups is 1. The van der Waals surface area contributed by atoms with E-state index in [1.807, 2.05) is 0 Å². The number of methoxy groups -OCH3 is 2. The summed E-state index contributed by atoms with van der Waals surface area (Å²) in [6, 6.07) is 6.42. The molecule has 64 nitrogen and oxygen atoms in total. The van der Waals surface area contributed by atoms with E-state index in [1.54, 1.807) is 16.7 Å². The van der Waals surface area contributed by atoms with Crippen molar-refractivity contribution in [2.75, 3.05) is 113 Å². The van der Waals surface area contributed by atoms with Gasteiger partial charge in [-0.2, -0.15) is 71.7 Å². The third-order valence-electron chi connectivity index (χ3n) is 22.1. The highest BCUT2D eigenvalue weighted by Gasteiger charge is 2.59. The lowest BCUT2D eigenvalue weighted by molar-refractivity contribution is -0.340. The van der Waals surface area contributed by atoms with Crippen molar-refractivity contribution < 1.29 is 247 Å². The van der Waals surface area contributed by atoms with Gasteiger partial charge in [0.25, 0.3) is 0 Å². The van der Waals surface area contributed by atoms with Gasteiger partial charge in [-0.3, -0.25) is 46.5 Å². The van der Waals surface area contributed by atoms with Gasteiger partial charge < -0.3 is 166 Å². The molecule has 0 spiro atoms. The van der Waals surface area contributed by atoms with Crippen molar-refractivity contribution in [3.8, 4) is 0 Å². The Labute approximate surface area is 812 Å². The number of carbonyl (C=O) groups excluding carboxylic acids is 5. The molecule has 812 valence electrons. The van der Waals surface area contributed by atoms with Crippen molar-refractivity contribution in [1.82, 2.24) is 35.6 Å². The van der Waals surface area contributed by atoms with Crippen LogP contribution >= 0.6 is 11.8 Å². The number of rotatable bonds is 59. The number of carboxylic acids is 2. The van der Waals surface area contributed by atoms with Gasteiger partial charge in [0.2, 0.25) is 23.6 Å². The number of carboxylic acid groups (broad SMARTS) is 2. The highest BCUT2D eigenvalue weighted by atomic mass is 32.3. The number of ether oxygens (including phenoxy) is 10. The zero-order chi connectivity index (χ0) is 106. The molecule has 0 aliphatic carbocycles. The molecular formula is C71H113N11O53S7. The van der Waals surface area contributed by atoms with Crippen LogP contribution in [-0.4, -0.2) is 477 Å². The Morgan fingerprint density at radius 1 is 0.472 bits per heavy atom. The molecule has 31 atom stereocenters. The van der Waals surface area contributed by atoms with Gasteiger partial charge in [0.1, 0.15) is 110 Å². The minimum Gasteiger partial charge on any atom is -0.479 e. The monoisotopic (exact) mass is 2190 g/mol. The van der Waals surface area contributed by atoms with Crippen LogP contribution in [-0.2, 0) is 155 Å². The van der Waals surface area contributed by atoms with E-state index < -0.39 is 303 Å². The number of hydrogen-bond donors (Lipinski definition) is 30. The van der Waals surface area contributed by atoms with Gasteiger partial charge in [-0.15, -0.1) is 0 Å². The molecule has 6 amide bonds. The van der Waals surface area contributed by atoms with Crippen LogP contribution in [0.2, 0.25) is 0 Å². The molecule has 142 heavy (non-hydrogen) atoms. The van der Waals surface area contributed by atoms with E-state index in [-0.39, 0.29) is 110 Å². The van der Waals surface area contributed by atoms with E-state index in [1.165, 1.54) is 58.0 Å². The van der Waals surface area contributed by atoms with Gasteiger partial charge in [-0.25, -0.2) is 31.1 Å². The van der Waals surface area contributed by atoms with E-state index >= 15 is 0 Å². The first-order valence-electron chi connectivity index (χ1n) is 42.3. The van der Waals surface area contributed by atoms with E-state index in [0.717, 1.165) is 26.4 Å². The maximum Gasteiger partial charge on any atom is 0.397 e. The second-order valence-electron chi connectivity index (χ2n) is 32.4. The van der Waals surface area contributed by atoms with Gasteiger partial charge in [0, 0.05) is 119 Å². The summed E-state index contributed by atoms with van der Waals surface area (Å²) in [4.78, 5) is 91.9. The molecule has 6 fully saturated rings. The van der Waals surface area contributed by atoms with Crippen molar-refractivity contribution in [3.05, 3.63) is 48.5 Å². The number of nitrogens with one attached hydrogen (secondary N) is 10. The van der Waals surface area contributed by atoms with E-state index in [0.29, 0.717) is 12.8 Å². The fourth-order valence-corrected chi connectivity index (χ4v) is 19.6. The van der Waals surface area contributed by atoms with Crippen LogP contribution < -0.4 is 52.0 Å². The number of fused-ring (bicyclic) bond motifs is 1. The van der Waals surface area contributed by atoms with Crippen molar-refractivity contribution in [3.63, 3.8) is 0 Å². The second-order valence-corrected chi connectivity index (χ2v) is 40.3. The molecule has 0 radical (unpaired) electrons. The number of unbranched alkanes of at least 4 members (excludes halogenated alkanes) is 1. The van der Waals surface area contributed by atoms with E-state index in [9.17, 15) is 174 Å². The zero-order valence-corrected chi connectivity index (χ0v) is 79.9. The quantitative estimate of drug-likeness (QED) is 0.0166. The van der Waals surface area contributed by atoms with E-state index in [4.69, 9.17) is 56.5 Å². The lowest BCUT2D eigenvalue weighted by Gasteiger charge is -2.47. The first-order valence-corrected chi connectivity index (χ1v) is 51.7. The standard InChI is InChI=1S/C71H113N11O53S7/c1-122-57-39(27-126-139(110,111)112)128-67(47(53(57)95)80-137(104,105)106)130-59-55(97)61(134-141(116,117)118)69(132-63(59)65(99)100)124-25-37(85)51(93)49(91)35(83)23-74-30-7-5-9-32(21-30)76-44(89)14-18-82(20-17-73-43(88)13-16-72-42(87)12-4-3-11-41-46-34(29-136-41)78-71(103)79-46)19-15-45(90)77-33-10-6-8-31(22-33)75-24-36(84)50(92)52(94)38(86)26-125-70-62(135-142(119,120)121)56(98)60(64(133-70)66(101)102)131-68-48(81-138(107,108)109)54(96)58(123-2)40(129-68)28-127-140(113,114)115/h5-10,21-22,34-41,46-64,67-70,74-75,80-81,83-86,91-98H,3-4,11-20,23-29H2,1-2H3,(H,72,87)(H,73,88)(H,76,89)(H,77,90)(H,99,100)(H,101,102)(H2,78,79,103)(H,104,105,106)(H,107,108,109)(H,110,111,112)(H,113,114,115)(H,116,117,118)(H,119,120,121)/t34-,35?,36?,37?,38?,39?,40?,41?,46-,47?,48?,49+,50+,51-,52-,53+,54+,55-,56-,57+,58+,59+,60+,61?,62?,63?,64?,67+,68+,69-,70-/m1/s1. The maximum absolute atomic E-state index is 13.7. The van der Waals surface area contributed by atoms with Crippen LogP contribution in [0, 0.1) is 0 Å². The Morgan fingerprint density at radius 2 is 0.873 bits per heavy atom. The number of hydrogen-bond acceptors (Lipinski definition) is 49. The van der Waals surface area contributed by atoms with Gasteiger partial charge in [-0.05, 0) is 49.2 Å². The highest BCUT2D eigenvalue weighted by molar-refractivity contribution is 8.00. The third-order valence-corrected chi connectivity index (χ3v) is 26.5. The van der Waals surface area contributed by atoms with Crippen LogP contribution in [0.4, 0.5) is 27.5 Å². The average molecular weight is 2190 g/mol. The van der Waals surface area contributed by atoms with E-state index in [2.05, 4.69) is 59.3 Å². The van der Waals surface area contributed by atoms with Gasteiger partial charge in [0.05, 0.1) is 50.7 Å². The summed E-state index contributed by atoms with van der Waals surface area (Å²) in [5, 5.41) is 176. The van der Waals surface area contributed by atoms with Gasteiger partial charge in [0.15, 0.2) is 49.6 Å². The summed E-state index contributed by atoms with van der Waals surface area (Å²) in [6.07, 6.45) is -60.6. The summed E-state index contributed by atoms with van der Waals surface area (Å²) in [5.41, 5.74) is 0.519. The molecule has 8 rings (SSSR count). The fraction of sp³-hybridized carbons (Fsp3) is 0.732. The summed E-state index contributed by atoms with van der Waals surface area (Å²) >= 11 is 1.74. The highest BCUT2D eigenvalue weighted by Crippen LogP contribution is 2.38. The molecule has 2 aromatic carbocycles. The van der Waals surface area contributed by atoms with Crippen LogP contribution in [0.5, 0.6) is 0 Å². The summed E-state index contributed by atoms with van der Waals surface area (Å²) in [6.45, 7) is -6.76. The Morgan fingerprint density at radius 3 is 1.27 bits per heavy atom. The summed E-state index contributed by atoms with van der Waals surface area (Å²) in [7, 11) is -31.3. The van der Waals surface area contributed by atoms with Crippen LogP contribution in [0.25, 0.3) is 0 Å². The first-order chi connectivity index (χ1) is 66.2. The Hall–Kier alpha value is -7.22.